The van der Waals surface area contributed by atoms with Gasteiger partial charge in [-0.25, -0.2) is 0 Å². The summed E-state index contributed by atoms with van der Waals surface area (Å²) in [5.74, 6) is 0. The zero-order valence-corrected chi connectivity index (χ0v) is 10.4. The molecule has 1 nitrogen and oxygen atoms in total. The van der Waals surface area contributed by atoms with Crippen LogP contribution in [0.4, 0.5) is 5.69 Å². The van der Waals surface area contributed by atoms with Gasteiger partial charge in [0.1, 0.15) is 7.85 Å². The Kier molecular flexibility index (Phi) is 2.19. The highest BCUT2D eigenvalue weighted by Gasteiger charge is 2.27. The zero-order valence-electron chi connectivity index (χ0n) is 10.4. The molecule has 19 heavy (non-hydrogen) atoms. The molecule has 2 aliphatic rings. The van der Waals surface area contributed by atoms with E-state index >= 15 is 0 Å². The summed E-state index contributed by atoms with van der Waals surface area (Å²) >= 11 is 0. The maximum atomic E-state index is 6.35. The average molecular weight is 241 g/mol. The molecule has 1 N–H and O–H groups in total. The molecule has 2 radical (unpaired) electrons. The molecule has 2 heteroatoms. The molecule has 0 fully saturated rings. The second kappa shape index (κ2) is 3.89. The van der Waals surface area contributed by atoms with Crippen LogP contribution in [0.2, 0.25) is 0 Å². The summed E-state index contributed by atoms with van der Waals surface area (Å²) in [4.78, 5) is 0. The lowest BCUT2D eigenvalue weighted by molar-refractivity contribution is 0.921. The van der Waals surface area contributed by atoms with Gasteiger partial charge in [-0.2, -0.15) is 0 Å². The highest BCUT2D eigenvalue weighted by Crippen LogP contribution is 2.42. The highest BCUT2D eigenvalue weighted by atomic mass is 14.9. The standard InChI is InChI=1S/C17H12BN/c18-16-13-7-3-4-8-15(13)19-17-12-6-2-1-5-11(12)9-10-14(16)17/h1-10,17,19H. The van der Waals surface area contributed by atoms with Gasteiger partial charge in [-0.3, -0.25) is 0 Å². The van der Waals surface area contributed by atoms with Crippen LogP contribution < -0.4 is 5.32 Å². The fourth-order valence-corrected chi connectivity index (χ4v) is 2.92. The molecule has 1 aliphatic carbocycles. The van der Waals surface area contributed by atoms with Crippen molar-refractivity contribution in [3.63, 3.8) is 0 Å². The van der Waals surface area contributed by atoms with Gasteiger partial charge in [0.25, 0.3) is 0 Å². The van der Waals surface area contributed by atoms with Crippen molar-refractivity contribution in [2.45, 2.75) is 6.04 Å². The Bertz CT molecular complexity index is 728. The molecule has 1 heterocycles. The number of hydrogen-bond donors (Lipinski definition) is 1. The largest absolute Gasteiger partial charge is 0.374 e. The van der Waals surface area contributed by atoms with Crippen LogP contribution in [0.3, 0.4) is 0 Å². The second-order valence-corrected chi connectivity index (χ2v) is 4.95. The monoisotopic (exact) mass is 241 g/mol. The minimum Gasteiger partial charge on any atom is -0.374 e. The summed E-state index contributed by atoms with van der Waals surface area (Å²) in [7, 11) is 6.35. The van der Waals surface area contributed by atoms with E-state index < -0.39 is 0 Å². The third-order valence-corrected chi connectivity index (χ3v) is 3.89. The summed E-state index contributed by atoms with van der Waals surface area (Å²) in [6.45, 7) is 0. The zero-order chi connectivity index (χ0) is 12.8. The molecule has 0 saturated carbocycles. The van der Waals surface area contributed by atoms with Gasteiger partial charge in [0.05, 0.1) is 6.04 Å². The Labute approximate surface area is 114 Å². The van der Waals surface area contributed by atoms with E-state index in [0.29, 0.717) is 0 Å². The lowest BCUT2D eigenvalue weighted by Gasteiger charge is -2.33. The topological polar surface area (TPSA) is 12.0 Å². The predicted octanol–water partition coefficient (Wildman–Crippen LogP) is 3.76. The van der Waals surface area contributed by atoms with Gasteiger partial charge in [-0.15, -0.1) is 0 Å². The molecule has 4 rings (SSSR count). The maximum absolute atomic E-state index is 6.35. The number of para-hydroxylation sites is 1. The molecule has 0 saturated heterocycles. The van der Waals surface area contributed by atoms with Crippen molar-refractivity contribution in [2.24, 2.45) is 0 Å². The van der Waals surface area contributed by atoms with Crippen molar-refractivity contribution < 1.29 is 0 Å². The number of fused-ring (bicyclic) bond motifs is 4. The fraction of sp³-hybridized carbons (Fsp3) is 0.0588. The first-order valence-corrected chi connectivity index (χ1v) is 6.47. The molecule has 1 unspecified atom stereocenters. The van der Waals surface area contributed by atoms with E-state index in [2.05, 4.69) is 53.9 Å². The van der Waals surface area contributed by atoms with E-state index in [9.17, 15) is 0 Å². The van der Waals surface area contributed by atoms with Crippen LogP contribution in [0.25, 0.3) is 11.5 Å². The summed E-state index contributed by atoms with van der Waals surface area (Å²) in [5, 5.41) is 3.60. The minimum absolute atomic E-state index is 0.163. The van der Waals surface area contributed by atoms with Crippen LogP contribution in [0, 0.1) is 0 Å². The number of nitrogens with one attached hydrogen (secondary N) is 1. The molecule has 1 aliphatic heterocycles. The van der Waals surface area contributed by atoms with Gasteiger partial charge in [0.15, 0.2) is 0 Å². The van der Waals surface area contributed by atoms with E-state index in [1.807, 2.05) is 12.1 Å². The van der Waals surface area contributed by atoms with E-state index in [0.717, 1.165) is 22.3 Å². The van der Waals surface area contributed by atoms with Gasteiger partial charge in [0, 0.05) is 5.69 Å². The Morgan fingerprint density at radius 3 is 2.63 bits per heavy atom. The molecule has 0 amide bonds. The Morgan fingerprint density at radius 1 is 0.895 bits per heavy atom. The van der Waals surface area contributed by atoms with Crippen LogP contribution in [0.5, 0.6) is 0 Å². The van der Waals surface area contributed by atoms with Crippen molar-refractivity contribution in [3.8, 4) is 0 Å². The molecule has 0 aromatic heterocycles. The van der Waals surface area contributed by atoms with E-state index in [1.165, 1.54) is 11.1 Å². The minimum atomic E-state index is 0.163. The molecule has 0 spiro atoms. The first kappa shape index (κ1) is 10.7. The maximum Gasteiger partial charge on any atom is 0.115 e. The highest BCUT2D eigenvalue weighted by molar-refractivity contribution is 6.44. The second-order valence-electron chi connectivity index (χ2n) is 4.95. The van der Waals surface area contributed by atoms with Gasteiger partial charge in [0.2, 0.25) is 0 Å². The van der Waals surface area contributed by atoms with E-state index in [4.69, 9.17) is 7.85 Å². The van der Waals surface area contributed by atoms with Crippen LogP contribution in [-0.2, 0) is 0 Å². The molecule has 2 aromatic carbocycles. The summed E-state index contributed by atoms with van der Waals surface area (Å²) in [6, 6.07) is 16.8. The molecule has 1 atom stereocenters. The lowest BCUT2D eigenvalue weighted by atomic mass is 9.74. The number of hydrogen-bond acceptors (Lipinski definition) is 1. The quantitative estimate of drug-likeness (QED) is 0.692. The molecular weight excluding hydrogens is 229 g/mol. The number of benzene rings is 2. The molecule has 2 aromatic rings. The van der Waals surface area contributed by atoms with Gasteiger partial charge in [-0.1, -0.05) is 60.1 Å². The summed E-state index contributed by atoms with van der Waals surface area (Å²) in [5.41, 5.74) is 6.80. The van der Waals surface area contributed by atoms with Crippen molar-refractivity contribution in [2.75, 3.05) is 5.32 Å². The lowest BCUT2D eigenvalue weighted by Crippen LogP contribution is -2.21. The first-order valence-electron chi connectivity index (χ1n) is 6.47. The third kappa shape index (κ3) is 1.50. The normalized spacial score (nSPS) is 19.3. The van der Waals surface area contributed by atoms with E-state index in [1.54, 1.807) is 0 Å². The SMILES string of the molecule is [B]C1=C2C=Cc3ccccc3C2Nc2ccccc21. The van der Waals surface area contributed by atoms with Crippen LogP contribution in [0.1, 0.15) is 22.7 Å². The van der Waals surface area contributed by atoms with Crippen molar-refractivity contribution in [1.29, 1.82) is 0 Å². The van der Waals surface area contributed by atoms with Crippen LogP contribution >= 0.6 is 0 Å². The van der Waals surface area contributed by atoms with Gasteiger partial charge in [-0.05, 0) is 28.3 Å². The molecular formula is C17H12BN. The first-order chi connectivity index (χ1) is 9.34. The summed E-state index contributed by atoms with van der Waals surface area (Å²) in [6.07, 6.45) is 4.27. The van der Waals surface area contributed by atoms with Gasteiger partial charge >= 0.3 is 0 Å². The Balaban J connectivity index is 1.96. The number of anilines is 1. The van der Waals surface area contributed by atoms with Gasteiger partial charge < -0.3 is 5.32 Å². The number of rotatable bonds is 0. The predicted molar refractivity (Wildman–Crippen MR) is 81.0 cm³/mol. The van der Waals surface area contributed by atoms with E-state index in [-0.39, 0.29) is 6.04 Å². The smallest absolute Gasteiger partial charge is 0.115 e. The molecule has 88 valence electrons. The Morgan fingerprint density at radius 2 is 1.68 bits per heavy atom. The Hall–Kier alpha value is -2.22. The van der Waals surface area contributed by atoms with Crippen molar-refractivity contribution >= 4 is 25.1 Å². The third-order valence-electron chi connectivity index (χ3n) is 3.89. The van der Waals surface area contributed by atoms with Crippen molar-refractivity contribution in [3.05, 3.63) is 76.9 Å². The average Bonchev–Trinajstić information content (AvgIpc) is 2.47. The molecule has 0 bridgehead atoms. The summed E-state index contributed by atoms with van der Waals surface area (Å²) < 4.78 is 0. The van der Waals surface area contributed by atoms with Crippen LogP contribution in [-0.4, -0.2) is 7.85 Å². The fourth-order valence-electron chi connectivity index (χ4n) is 2.92. The van der Waals surface area contributed by atoms with Crippen molar-refractivity contribution in [1.82, 2.24) is 0 Å². The van der Waals surface area contributed by atoms with Crippen LogP contribution in [0.15, 0.2) is 60.2 Å².